The minimum atomic E-state index is -4.61. The van der Waals surface area contributed by atoms with E-state index in [1.54, 1.807) is 0 Å². The third-order valence-electron chi connectivity index (χ3n) is 2.00. The predicted octanol–water partition coefficient (Wildman–Crippen LogP) is 2.25. The Bertz CT molecular complexity index is 617. The van der Waals surface area contributed by atoms with Crippen molar-refractivity contribution in [2.24, 2.45) is 0 Å². The Morgan fingerprint density at radius 3 is 2.22 bits per heavy atom. The Balaban J connectivity index is 3.71. The summed E-state index contributed by atoms with van der Waals surface area (Å²) in [4.78, 5) is 11.4. The third kappa shape index (κ3) is 2.73. The number of nitrogens with zero attached hydrogens (tertiary/aromatic N) is 1. The first-order valence-electron chi connectivity index (χ1n) is 4.41. The number of carbonyl (C=O) groups excluding carboxylic acids is 1. The summed E-state index contributed by atoms with van der Waals surface area (Å²) in [6.45, 7) is 0. The summed E-state index contributed by atoms with van der Waals surface area (Å²) in [6.07, 6.45) is 0. The molecule has 1 amide bonds. The Labute approximate surface area is 112 Å². The molecule has 1 aromatic carbocycles. The van der Waals surface area contributed by atoms with Crippen molar-refractivity contribution in [1.82, 2.24) is 4.90 Å². The molecule has 0 radical (unpaired) electrons. The minimum absolute atomic E-state index is 0.486. The molecule has 0 spiro atoms. The van der Waals surface area contributed by atoms with Gasteiger partial charge in [0, 0.05) is 24.8 Å². The summed E-state index contributed by atoms with van der Waals surface area (Å²) < 4.78 is 48.8. The molecule has 0 fully saturated rings. The molecule has 100 valence electrons. The maximum Gasteiger partial charge on any atom is 0.265 e. The largest absolute Gasteiger partial charge is 0.345 e. The van der Waals surface area contributed by atoms with Crippen LogP contribution in [0.4, 0.5) is 8.78 Å². The fourth-order valence-corrected chi connectivity index (χ4v) is 2.90. The lowest BCUT2D eigenvalue weighted by atomic mass is 10.2. The molecular formula is C9H7Cl2F2NO3S. The average molecular weight is 318 g/mol. The van der Waals surface area contributed by atoms with Crippen molar-refractivity contribution in [3.63, 3.8) is 0 Å². The number of hydrogen-bond acceptors (Lipinski definition) is 3. The Morgan fingerprint density at radius 2 is 1.83 bits per heavy atom. The molecule has 0 heterocycles. The van der Waals surface area contributed by atoms with E-state index in [1.807, 2.05) is 0 Å². The lowest BCUT2D eigenvalue weighted by Crippen LogP contribution is -2.23. The fraction of sp³-hybridized carbons (Fsp3) is 0.222. The summed E-state index contributed by atoms with van der Waals surface area (Å²) in [5.74, 6) is -4.02. The molecule has 0 bridgehead atoms. The van der Waals surface area contributed by atoms with Gasteiger partial charge in [-0.1, -0.05) is 11.6 Å². The van der Waals surface area contributed by atoms with Gasteiger partial charge in [0.1, 0.15) is 4.90 Å². The molecule has 0 saturated carbocycles. The zero-order valence-corrected chi connectivity index (χ0v) is 11.5. The van der Waals surface area contributed by atoms with Crippen LogP contribution in [0.5, 0.6) is 0 Å². The van der Waals surface area contributed by atoms with Gasteiger partial charge in [-0.05, 0) is 6.07 Å². The van der Waals surface area contributed by atoms with E-state index in [0.717, 1.165) is 4.90 Å². The molecule has 0 saturated heterocycles. The van der Waals surface area contributed by atoms with E-state index in [9.17, 15) is 22.0 Å². The van der Waals surface area contributed by atoms with Crippen LogP contribution in [0.15, 0.2) is 11.0 Å². The first-order chi connectivity index (χ1) is 8.07. The molecule has 1 aromatic rings. The van der Waals surface area contributed by atoms with Crippen LogP contribution in [0.25, 0.3) is 0 Å². The predicted molar refractivity (Wildman–Crippen MR) is 62.4 cm³/mol. The fourth-order valence-electron chi connectivity index (χ4n) is 1.19. The molecule has 0 N–H and O–H groups in total. The quantitative estimate of drug-likeness (QED) is 0.621. The van der Waals surface area contributed by atoms with Gasteiger partial charge >= 0.3 is 0 Å². The van der Waals surface area contributed by atoms with Gasteiger partial charge < -0.3 is 4.90 Å². The summed E-state index contributed by atoms with van der Waals surface area (Å²) in [5.41, 5.74) is -0.486. The topological polar surface area (TPSA) is 54.5 Å². The lowest BCUT2D eigenvalue weighted by Gasteiger charge is -2.13. The molecule has 1 rings (SSSR count). The first-order valence-corrected chi connectivity index (χ1v) is 7.10. The average Bonchev–Trinajstić information content (AvgIpc) is 2.20. The standard InChI is InChI=1S/C9H7Cl2F2NO3S/c1-14(2)9(15)4-3-5(12)7(13)8(6(4)10)18(11,16)17/h3H,1-2H3. The van der Waals surface area contributed by atoms with Crippen LogP contribution in [-0.4, -0.2) is 33.3 Å². The third-order valence-corrected chi connectivity index (χ3v) is 3.83. The van der Waals surface area contributed by atoms with Crippen LogP contribution in [-0.2, 0) is 9.05 Å². The van der Waals surface area contributed by atoms with E-state index >= 15 is 0 Å². The Hall–Kier alpha value is -0.920. The molecule has 18 heavy (non-hydrogen) atoms. The van der Waals surface area contributed by atoms with Crippen LogP contribution < -0.4 is 0 Å². The monoisotopic (exact) mass is 317 g/mol. The van der Waals surface area contributed by atoms with Crippen molar-refractivity contribution in [1.29, 1.82) is 0 Å². The van der Waals surface area contributed by atoms with Gasteiger partial charge in [0.25, 0.3) is 15.0 Å². The van der Waals surface area contributed by atoms with Crippen LogP contribution in [0.2, 0.25) is 5.02 Å². The van der Waals surface area contributed by atoms with E-state index < -0.39 is 42.1 Å². The minimum Gasteiger partial charge on any atom is -0.345 e. The molecule has 0 aliphatic carbocycles. The smallest absolute Gasteiger partial charge is 0.265 e. The zero-order chi connectivity index (χ0) is 14.2. The summed E-state index contributed by atoms with van der Waals surface area (Å²) in [5, 5.41) is -0.748. The number of rotatable bonds is 2. The van der Waals surface area contributed by atoms with E-state index in [4.69, 9.17) is 22.3 Å². The van der Waals surface area contributed by atoms with Gasteiger partial charge in [0.15, 0.2) is 11.6 Å². The molecule has 0 aliphatic heterocycles. The van der Waals surface area contributed by atoms with Crippen LogP contribution in [0.1, 0.15) is 10.4 Å². The van der Waals surface area contributed by atoms with Gasteiger partial charge in [-0.25, -0.2) is 17.2 Å². The molecule has 0 aliphatic rings. The van der Waals surface area contributed by atoms with Crippen molar-refractivity contribution in [3.8, 4) is 0 Å². The second-order valence-corrected chi connectivity index (χ2v) is 6.38. The number of carbonyl (C=O) groups is 1. The highest BCUT2D eigenvalue weighted by Gasteiger charge is 2.29. The molecule has 0 atom stereocenters. The van der Waals surface area contributed by atoms with E-state index in [0.29, 0.717) is 6.07 Å². The maximum absolute atomic E-state index is 13.4. The van der Waals surface area contributed by atoms with Crippen molar-refractivity contribution in [2.45, 2.75) is 4.90 Å². The van der Waals surface area contributed by atoms with Gasteiger partial charge in [-0.2, -0.15) is 0 Å². The van der Waals surface area contributed by atoms with E-state index in [2.05, 4.69) is 0 Å². The lowest BCUT2D eigenvalue weighted by molar-refractivity contribution is 0.0827. The molecule has 4 nitrogen and oxygen atoms in total. The normalized spacial score (nSPS) is 11.4. The van der Waals surface area contributed by atoms with Gasteiger partial charge in [0.05, 0.1) is 10.6 Å². The first kappa shape index (κ1) is 15.1. The van der Waals surface area contributed by atoms with E-state index in [1.165, 1.54) is 14.1 Å². The zero-order valence-electron chi connectivity index (χ0n) is 9.17. The van der Waals surface area contributed by atoms with Crippen LogP contribution >= 0.6 is 22.3 Å². The second-order valence-electron chi connectivity index (χ2n) is 3.50. The molecule has 0 unspecified atom stereocenters. The number of amides is 1. The molecule has 0 aromatic heterocycles. The van der Waals surface area contributed by atoms with Gasteiger partial charge in [0.2, 0.25) is 0 Å². The van der Waals surface area contributed by atoms with Crippen LogP contribution in [0.3, 0.4) is 0 Å². The van der Waals surface area contributed by atoms with Crippen molar-refractivity contribution in [2.75, 3.05) is 14.1 Å². The molecule has 9 heteroatoms. The Morgan fingerprint density at radius 1 is 1.33 bits per heavy atom. The number of hydrogen-bond donors (Lipinski definition) is 0. The van der Waals surface area contributed by atoms with Crippen molar-refractivity contribution in [3.05, 3.63) is 28.3 Å². The van der Waals surface area contributed by atoms with Gasteiger partial charge in [-0.3, -0.25) is 4.79 Å². The highest BCUT2D eigenvalue weighted by atomic mass is 35.7. The van der Waals surface area contributed by atoms with Crippen molar-refractivity contribution < 1.29 is 22.0 Å². The SMILES string of the molecule is CN(C)C(=O)c1cc(F)c(F)c(S(=O)(=O)Cl)c1Cl. The van der Waals surface area contributed by atoms with Gasteiger partial charge in [-0.15, -0.1) is 0 Å². The second kappa shape index (κ2) is 4.99. The summed E-state index contributed by atoms with van der Waals surface area (Å²) in [6, 6.07) is 0.519. The number of halogens is 4. The molecular weight excluding hydrogens is 311 g/mol. The van der Waals surface area contributed by atoms with Crippen LogP contribution in [0, 0.1) is 11.6 Å². The van der Waals surface area contributed by atoms with Crippen molar-refractivity contribution >= 4 is 37.2 Å². The highest BCUT2D eigenvalue weighted by molar-refractivity contribution is 8.13. The van der Waals surface area contributed by atoms with E-state index in [-0.39, 0.29) is 0 Å². The summed E-state index contributed by atoms with van der Waals surface area (Å²) in [7, 11) is 3.02. The Kier molecular flexibility index (Phi) is 4.19. The highest BCUT2D eigenvalue weighted by Crippen LogP contribution is 2.32. The maximum atomic E-state index is 13.4. The summed E-state index contributed by atoms with van der Waals surface area (Å²) >= 11 is 5.59. The number of benzene rings is 1.